The number of ketones is 1. The van der Waals surface area contributed by atoms with Crippen LogP contribution in [0.3, 0.4) is 0 Å². The van der Waals surface area contributed by atoms with Crippen LogP contribution < -0.4 is 19.8 Å². The summed E-state index contributed by atoms with van der Waals surface area (Å²) in [6.45, 7) is 1.85. The van der Waals surface area contributed by atoms with Gasteiger partial charge in [-0.1, -0.05) is 24.9 Å². The Balaban J connectivity index is 1.83. The Kier molecular flexibility index (Phi) is 7.00. The fraction of sp³-hybridized carbons (Fsp3) is 0.304. The summed E-state index contributed by atoms with van der Waals surface area (Å²) in [4.78, 5) is 24.5. The minimum atomic E-state index is -0.428. The molecule has 1 heterocycles. The van der Waals surface area contributed by atoms with E-state index in [0.717, 1.165) is 30.2 Å². The smallest absolute Gasteiger partial charge is 0.336 e. The molecule has 6 nitrogen and oxygen atoms in total. The Morgan fingerprint density at radius 2 is 1.80 bits per heavy atom. The van der Waals surface area contributed by atoms with Crippen LogP contribution >= 0.6 is 11.6 Å². The molecule has 158 valence electrons. The number of halogens is 1. The highest BCUT2D eigenvalue weighted by atomic mass is 35.5. The third kappa shape index (κ3) is 4.76. The predicted molar refractivity (Wildman–Crippen MR) is 115 cm³/mol. The number of unbranched alkanes of at least 4 members (excludes halogenated alkanes) is 1. The second-order valence-electron chi connectivity index (χ2n) is 6.75. The van der Waals surface area contributed by atoms with Crippen molar-refractivity contribution < 1.29 is 23.4 Å². The zero-order chi connectivity index (χ0) is 21.7. The molecule has 0 aliphatic carbocycles. The van der Waals surface area contributed by atoms with Crippen molar-refractivity contribution in [2.45, 2.75) is 26.2 Å². The number of methoxy groups -OCH3 is 2. The average Bonchev–Trinajstić information content (AvgIpc) is 2.75. The van der Waals surface area contributed by atoms with Crippen molar-refractivity contribution in [3.05, 3.63) is 63.0 Å². The van der Waals surface area contributed by atoms with Gasteiger partial charge in [0.15, 0.2) is 23.9 Å². The molecule has 1 aromatic heterocycles. The van der Waals surface area contributed by atoms with Crippen LogP contribution in [0.15, 0.2) is 45.6 Å². The third-order valence-electron chi connectivity index (χ3n) is 4.75. The molecule has 3 aromatic rings. The van der Waals surface area contributed by atoms with Gasteiger partial charge >= 0.3 is 5.63 Å². The summed E-state index contributed by atoms with van der Waals surface area (Å²) < 4.78 is 21.4. The first-order chi connectivity index (χ1) is 14.5. The Labute approximate surface area is 179 Å². The van der Waals surface area contributed by atoms with Crippen LogP contribution in [0.1, 0.15) is 35.7 Å². The van der Waals surface area contributed by atoms with Crippen LogP contribution in [0, 0.1) is 0 Å². The van der Waals surface area contributed by atoms with E-state index in [1.165, 1.54) is 20.3 Å². The molecule has 0 radical (unpaired) electrons. The van der Waals surface area contributed by atoms with E-state index in [1.807, 2.05) is 0 Å². The number of carbonyl (C=O) groups excluding carboxylic acids is 1. The topological polar surface area (TPSA) is 75.0 Å². The van der Waals surface area contributed by atoms with E-state index < -0.39 is 5.63 Å². The zero-order valence-corrected chi connectivity index (χ0v) is 17.9. The molecule has 0 N–H and O–H groups in total. The van der Waals surface area contributed by atoms with E-state index in [4.69, 9.17) is 30.2 Å². The van der Waals surface area contributed by atoms with Crippen LogP contribution in [-0.2, 0) is 6.42 Å². The fourth-order valence-corrected chi connectivity index (χ4v) is 3.37. The molecule has 0 amide bonds. The molecule has 30 heavy (non-hydrogen) atoms. The number of fused-ring (bicyclic) bond motifs is 1. The number of ether oxygens (including phenoxy) is 3. The summed E-state index contributed by atoms with van der Waals surface area (Å²) in [5.74, 6) is 0.994. The second-order valence-corrected chi connectivity index (χ2v) is 7.16. The SMILES string of the molecule is CCCCc1cc(=O)oc2cc(OCC(=O)c3ccc(OC)c(OC)c3)c(Cl)cc12. The number of benzene rings is 2. The third-order valence-corrected chi connectivity index (χ3v) is 5.04. The molecule has 0 saturated heterocycles. The summed E-state index contributed by atoms with van der Waals surface area (Å²) in [7, 11) is 3.02. The molecule has 7 heteroatoms. The van der Waals surface area contributed by atoms with Crippen LogP contribution in [0.5, 0.6) is 17.2 Å². The minimum Gasteiger partial charge on any atom is -0.493 e. The molecule has 0 bridgehead atoms. The van der Waals surface area contributed by atoms with Gasteiger partial charge in [0.2, 0.25) is 0 Å². The average molecular weight is 431 g/mol. The number of aryl methyl sites for hydroxylation is 1. The van der Waals surface area contributed by atoms with E-state index in [2.05, 4.69) is 6.92 Å². The quantitative estimate of drug-likeness (QED) is 0.348. The maximum atomic E-state index is 12.5. The maximum absolute atomic E-state index is 12.5. The lowest BCUT2D eigenvalue weighted by molar-refractivity contribution is 0.0921. The lowest BCUT2D eigenvalue weighted by Crippen LogP contribution is -2.12. The van der Waals surface area contributed by atoms with Crippen molar-refractivity contribution in [3.8, 4) is 17.2 Å². The number of rotatable bonds is 9. The Bertz CT molecular complexity index is 1120. The van der Waals surface area contributed by atoms with Crippen molar-refractivity contribution in [2.75, 3.05) is 20.8 Å². The molecule has 0 aliphatic rings. The standard InChI is InChI=1S/C23H23ClO6/c1-4-5-6-14-10-23(26)30-20-12-21(17(24)11-16(14)20)29-13-18(25)15-7-8-19(27-2)22(9-15)28-3/h7-12H,4-6,13H2,1-3H3. The predicted octanol–water partition coefficient (Wildman–Crippen LogP) is 5.07. The second kappa shape index (κ2) is 9.67. The van der Waals surface area contributed by atoms with E-state index >= 15 is 0 Å². The van der Waals surface area contributed by atoms with Crippen molar-refractivity contribution >= 4 is 28.4 Å². The number of Topliss-reactive ketones (excluding diaryl/α,β-unsaturated/α-hetero) is 1. The molecular formula is C23H23ClO6. The number of hydrogen-bond donors (Lipinski definition) is 0. The molecule has 0 saturated carbocycles. The molecule has 0 fully saturated rings. The summed E-state index contributed by atoms with van der Waals surface area (Å²) in [5, 5.41) is 1.11. The molecule has 0 unspecified atom stereocenters. The summed E-state index contributed by atoms with van der Waals surface area (Å²) in [6, 6.07) is 9.63. The largest absolute Gasteiger partial charge is 0.493 e. The summed E-state index contributed by atoms with van der Waals surface area (Å²) in [5.41, 5.74) is 1.26. The van der Waals surface area contributed by atoms with Gasteiger partial charge < -0.3 is 18.6 Å². The fourth-order valence-electron chi connectivity index (χ4n) is 3.15. The summed E-state index contributed by atoms with van der Waals surface area (Å²) in [6.07, 6.45) is 2.72. The van der Waals surface area contributed by atoms with Gasteiger partial charge in [-0.3, -0.25) is 4.79 Å². The first kappa shape index (κ1) is 21.7. The van der Waals surface area contributed by atoms with Gasteiger partial charge in [0.1, 0.15) is 11.3 Å². The van der Waals surface area contributed by atoms with Gasteiger partial charge in [-0.25, -0.2) is 4.79 Å². The van der Waals surface area contributed by atoms with Gasteiger partial charge in [-0.15, -0.1) is 0 Å². The molecule has 0 aliphatic heterocycles. The van der Waals surface area contributed by atoms with E-state index in [0.29, 0.717) is 27.7 Å². The highest BCUT2D eigenvalue weighted by molar-refractivity contribution is 6.32. The Morgan fingerprint density at radius 1 is 1.03 bits per heavy atom. The van der Waals surface area contributed by atoms with Crippen molar-refractivity contribution in [2.24, 2.45) is 0 Å². The first-order valence-electron chi connectivity index (χ1n) is 9.61. The Morgan fingerprint density at radius 3 is 2.50 bits per heavy atom. The highest BCUT2D eigenvalue weighted by Gasteiger charge is 2.15. The maximum Gasteiger partial charge on any atom is 0.336 e. The van der Waals surface area contributed by atoms with Crippen LogP contribution in [0.4, 0.5) is 0 Å². The van der Waals surface area contributed by atoms with Crippen molar-refractivity contribution in [1.29, 1.82) is 0 Å². The lowest BCUT2D eigenvalue weighted by atomic mass is 10.0. The number of hydrogen-bond acceptors (Lipinski definition) is 6. The molecule has 3 rings (SSSR count). The van der Waals surface area contributed by atoms with Crippen molar-refractivity contribution in [1.82, 2.24) is 0 Å². The van der Waals surface area contributed by atoms with E-state index in [9.17, 15) is 9.59 Å². The molecular weight excluding hydrogens is 408 g/mol. The minimum absolute atomic E-state index is 0.236. The van der Waals surface area contributed by atoms with Gasteiger partial charge in [-0.05, 0) is 42.7 Å². The summed E-state index contributed by atoms with van der Waals surface area (Å²) >= 11 is 6.37. The van der Waals surface area contributed by atoms with E-state index in [-0.39, 0.29) is 18.1 Å². The highest BCUT2D eigenvalue weighted by Crippen LogP contribution is 2.32. The number of carbonyl (C=O) groups is 1. The van der Waals surface area contributed by atoms with Crippen LogP contribution in [-0.4, -0.2) is 26.6 Å². The van der Waals surface area contributed by atoms with Gasteiger partial charge in [-0.2, -0.15) is 0 Å². The molecule has 0 atom stereocenters. The monoisotopic (exact) mass is 430 g/mol. The van der Waals surface area contributed by atoms with Gasteiger partial charge in [0, 0.05) is 23.1 Å². The lowest BCUT2D eigenvalue weighted by Gasteiger charge is -2.12. The molecule has 2 aromatic carbocycles. The van der Waals surface area contributed by atoms with Gasteiger partial charge in [0.25, 0.3) is 0 Å². The normalized spacial score (nSPS) is 10.8. The van der Waals surface area contributed by atoms with Crippen LogP contribution in [0.2, 0.25) is 5.02 Å². The van der Waals surface area contributed by atoms with Crippen molar-refractivity contribution in [3.63, 3.8) is 0 Å². The molecule has 0 spiro atoms. The first-order valence-corrected chi connectivity index (χ1v) is 9.99. The van der Waals surface area contributed by atoms with Gasteiger partial charge in [0.05, 0.1) is 19.2 Å². The zero-order valence-electron chi connectivity index (χ0n) is 17.1. The van der Waals surface area contributed by atoms with Crippen LogP contribution in [0.25, 0.3) is 11.0 Å². The Hall–Kier alpha value is -2.99. The van der Waals surface area contributed by atoms with E-state index in [1.54, 1.807) is 30.3 Å².